The lowest BCUT2D eigenvalue weighted by atomic mass is 9.95. The number of H-pyrrole nitrogens is 1. The number of phenols is 1. The molecule has 0 aliphatic carbocycles. The second-order valence-electron chi connectivity index (χ2n) is 8.32. The number of aromatic nitrogens is 1. The van der Waals surface area contributed by atoms with Crippen molar-refractivity contribution in [1.29, 1.82) is 0 Å². The molecule has 0 saturated carbocycles. The van der Waals surface area contributed by atoms with Crippen LogP contribution in [0.3, 0.4) is 0 Å². The molecule has 1 unspecified atom stereocenters. The van der Waals surface area contributed by atoms with Crippen LogP contribution in [-0.2, 0) is 0 Å². The molecule has 0 aliphatic rings. The number of aromatic amines is 1. The number of aryl methyl sites for hydroxylation is 2. The molecule has 1 aromatic heterocycles. The van der Waals surface area contributed by atoms with Gasteiger partial charge >= 0.3 is 0 Å². The zero-order chi connectivity index (χ0) is 22.8. The number of nitrogens with one attached hydrogen (secondary N) is 2. The molecule has 0 fully saturated rings. The Labute approximate surface area is 188 Å². The Hall–Kier alpha value is -3.44. The zero-order valence-electron chi connectivity index (χ0n) is 19.0. The number of para-hydroxylation sites is 1. The van der Waals surface area contributed by atoms with Gasteiger partial charge in [-0.3, -0.25) is 0 Å². The molecule has 0 radical (unpaired) electrons. The second-order valence-corrected chi connectivity index (χ2v) is 8.32. The maximum atomic E-state index is 10.6. The molecule has 0 aliphatic heterocycles. The van der Waals surface area contributed by atoms with Gasteiger partial charge in [-0.1, -0.05) is 35.4 Å². The molecule has 1 heterocycles. The summed E-state index contributed by atoms with van der Waals surface area (Å²) in [4.78, 5) is 3.62. The molecule has 5 heteroatoms. The van der Waals surface area contributed by atoms with Crippen molar-refractivity contribution in [2.24, 2.45) is 0 Å². The van der Waals surface area contributed by atoms with Crippen molar-refractivity contribution in [2.45, 2.75) is 33.8 Å². The largest absolute Gasteiger partial charge is 0.504 e. The fourth-order valence-corrected chi connectivity index (χ4v) is 4.24. The van der Waals surface area contributed by atoms with Crippen molar-refractivity contribution >= 4 is 16.6 Å². The van der Waals surface area contributed by atoms with Crippen molar-refractivity contribution in [3.63, 3.8) is 0 Å². The summed E-state index contributed by atoms with van der Waals surface area (Å²) in [5.74, 6) is 0.389. The lowest BCUT2D eigenvalue weighted by molar-refractivity contribution is 0.121. The molecule has 0 bridgehead atoms. The van der Waals surface area contributed by atoms with E-state index in [9.17, 15) is 10.2 Å². The van der Waals surface area contributed by atoms with E-state index in [1.54, 1.807) is 13.0 Å². The van der Waals surface area contributed by atoms with Crippen molar-refractivity contribution in [2.75, 3.05) is 18.5 Å². The number of fused-ring (bicyclic) bond motifs is 1. The van der Waals surface area contributed by atoms with Crippen LogP contribution in [0.25, 0.3) is 33.3 Å². The predicted octanol–water partition coefficient (Wildman–Crippen LogP) is 6.02. The van der Waals surface area contributed by atoms with Crippen molar-refractivity contribution < 1.29 is 14.9 Å². The minimum absolute atomic E-state index is 0.0399. The number of aliphatic hydroxyl groups is 1. The van der Waals surface area contributed by atoms with Gasteiger partial charge in [-0.2, -0.15) is 0 Å². The SMILES string of the molecule is CCNc1c(-c2c(-c3cc(C)cc(C)c3)[nH]c3ccccc23)ccc(O)c1OCC(C)O. The van der Waals surface area contributed by atoms with E-state index in [-0.39, 0.29) is 12.4 Å². The molecule has 166 valence electrons. The average Bonchev–Trinajstić information content (AvgIpc) is 3.12. The predicted molar refractivity (Wildman–Crippen MR) is 132 cm³/mol. The summed E-state index contributed by atoms with van der Waals surface area (Å²) in [6.45, 7) is 8.62. The number of aromatic hydroxyl groups is 1. The monoisotopic (exact) mass is 430 g/mol. The van der Waals surface area contributed by atoms with E-state index in [1.165, 1.54) is 11.1 Å². The molecule has 4 N–H and O–H groups in total. The van der Waals surface area contributed by atoms with Gasteiger partial charge < -0.3 is 25.3 Å². The third kappa shape index (κ3) is 4.16. The minimum atomic E-state index is -0.647. The Kier molecular flexibility index (Phi) is 6.10. The number of benzene rings is 3. The van der Waals surface area contributed by atoms with Crippen LogP contribution in [-0.4, -0.2) is 34.5 Å². The van der Waals surface area contributed by atoms with E-state index in [0.29, 0.717) is 18.0 Å². The highest BCUT2D eigenvalue weighted by Crippen LogP contribution is 2.47. The van der Waals surface area contributed by atoms with Crippen LogP contribution in [0.4, 0.5) is 5.69 Å². The first-order chi connectivity index (χ1) is 15.4. The van der Waals surface area contributed by atoms with Gasteiger partial charge in [0.1, 0.15) is 6.61 Å². The molecular formula is C27H30N2O3. The van der Waals surface area contributed by atoms with Gasteiger partial charge in [0.15, 0.2) is 11.5 Å². The van der Waals surface area contributed by atoms with Crippen molar-refractivity contribution in [3.05, 3.63) is 65.7 Å². The van der Waals surface area contributed by atoms with Crippen LogP contribution in [0.2, 0.25) is 0 Å². The van der Waals surface area contributed by atoms with Crippen LogP contribution >= 0.6 is 0 Å². The maximum absolute atomic E-state index is 10.6. The average molecular weight is 431 g/mol. The number of hydrogen-bond acceptors (Lipinski definition) is 4. The molecule has 4 aromatic rings. The molecule has 4 rings (SSSR count). The molecule has 1 atom stereocenters. The van der Waals surface area contributed by atoms with Gasteiger partial charge in [-0.05, 0) is 63.6 Å². The fourth-order valence-electron chi connectivity index (χ4n) is 4.24. The first-order valence-corrected chi connectivity index (χ1v) is 11.0. The van der Waals surface area contributed by atoms with Gasteiger partial charge in [-0.25, -0.2) is 0 Å². The summed E-state index contributed by atoms with van der Waals surface area (Å²) >= 11 is 0. The Morgan fingerprint density at radius 1 is 1.03 bits per heavy atom. The number of hydrogen-bond donors (Lipinski definition) is 4. The molecule has 0 spiro atoms. The Morgan fingerprint density at radius 3 is 2.44 bits per heavy atom. The van der Waals surface area contributed by atoms with E-state index >= 15 is 0 Å². The smallest absolute Gasteiger partial charge is 0.184 e. The highest BCUT2D eigenvalue weighted by atomic mass is 16.5. The Bertz CT molecular complexity index is 1240. The van der Waals surface area contributed by atoms with E-state index in [2.05, 4.69) is 54.5 Å². The summed E-state index contributed by atoms with van der Waals surface area (Å²) in [6.07, 6.45) is -0.647. The summed E-state index contributed by atoms with van der Waals surface area (Å²) in [5.41, 5.74) is 8.24. The number of phenolic OH excluding ortho intramolecular Hbond substituents is 1. The van der Waals surface area contributed by atoms with Crippen LogP contribution < -0.4 is 10.1 Å². The minimum Gasteiger partial charge on any atom is -0.504 e. The highest BCUT2D eigenvalue weighted by molar-refractivity contribution is 6.07. The van der Waals surface area contributed by atoms with Gasteiger partial charge in [0, 0.05) is 28.6 Å². The molecule has 5 nitrogen and oxygen atoms in total. The third-order valence-electron chi connectivity index (χ3n) is 5.45. The summed E-state index contributed by atoms with van der Waals surface area (Å²) in [5, 5.41) is 24.8. The highest BCUT2D eigenvalue weighted by Gasteiger charge is 2.22. The third-order valence-corrected chi connectivity index (χ3v) is 5.45. The summed E-state index contributed by atoms with van der Waals surface area (Å²) in [7, 11) is 0. The van der Waals surface area contributed by atoms with Crippen molar-refractivity contribution in [1.82, 2.24) is 4.98 Å². The molecule has 3 aromatic carbocycles. The first kappa shape index (κ1) is 21.8. The molecule has 32 heavy (non-hydrogen) atoms. The molecule has 0 amide bonds. The van der Waals surface area contributed by atoms with Crippen LogP contribution in [0.1, 0.15) is 25.0 Å². The number of rotatable bonds is 7. The lowest BCUT2D eigenvalue weighted by Crippen LogP contribution is -2.14. The summed E-state index contributed by atoms with van der Waals surface area (Å²) < 4.78 is 5.84. The van der Waals surface area contributed by atoms with E-state index < -0.39 is 6.10 Å². The van der Waals surface area contributed by atoms with Crippen molar-refractivity contribution in [3.8, 4) is 33.9 Å². The molecular weight excluding hydrogens is 400 g/mol. The summed E-state index contributed by atoms with van der Waals surface area (Å²) in [6, 6.07) is 18.3. The quantitative estimate of drug-likeness (QED) is 0.289. The molecule has 0 saturated heterocycles. The normalized spacial score (nSPS) is 12.2. The number of anilines is 1. The second kappa shape index (κ2) is 8.97. The van der Waals surface area contributed by atoms with Crippen LogP contribution in [0.5, 0.6) is 11.5 Å². The van der Waals surface area contributed by atoms with E-state index in [0.717, 1.165) is 33.3 Å². The number of aliphatic hydroxyl groups excluding tert-OH is 1. The van der Waals surface area contributed by atoms with E-state index in [4.69, 9.17) is 4.74 Å². The zero-order valence-corrected chi connectivity index (χ0v) is 19.0. The van der Waals surface area contributed by atoms with Gasteiger partial charge in [0.05, 0.1) is 17.5 Å². The van der Waals surface area contributed by atoms with Crippen LogP contribution in [0, 0.1) is 13.8 Å². The van der Waals surface area contributed by atoms with Gasteiger partial charge in [0.2, 0.25) is 0 Å². The standard InChI is InChI=1S/C27H30N2O3/c1-5-28-26-21(10-11-23(31)27(26)32-15-18(4)30)24-20-8-6-7-9-22(20)29-25(24)19-13-16(2)12-17(3)14-19/h6-14,18,28-31H,5,15H2,1-4H3. The van der Waals surface area contributed by atoms with Crippen LogP contribution in [0.15, 0.2) is 54.6 Å². The van der Waals surface area contributed by atoms with Gasteiger partial charge in [0.25, 0.3) is 0 Å². The lowest BCUT2D eigenvalue weighted by Gasteiger charge is -2.19. The van der Waals surface area contributed by atoms with Gasteiger partial charge in [-0.15, -0.1) is 0 Å². The first-order valence-electron chi connectivity index (χ1n) is 11.0. The fraction of sp³-hybridized carbons (Fsp3) is 0.259. The van der Waals surface area contributed by atoms with E-state index in [1.807, 2.05) is 25.1 Å². The topological polar surface area (TPSA) is 77.5 Å². The number of ether oxygens (including phenoxy) is 1. The maximum Gasteiger partial charge on any atom is 0.184 e. The Balaban J connectivity index is 2.02. The Morgan fingerprint density at radius 2 is 1.75 bits per heavy atom.